The van der Waals surface area contributed by atoms with Gasteiger partial charge in [0.2, 0.25) is 0 Å². The molecule has 1 unspecified atom stereocenters. The Morgan fingerprint density at radius 3 is 2.77 bits per heavy atom. The molecule has 8 nitrogen and oxygen atoms in total. The topological polar surface area (TPSA) is 96.8 Å². The van der Waals surface area contributed by atoms with Gasteiger partial charge >= 0.3 is 6.01 Å². The fraction of sp³-hybridized carbons (Fsp3) is 0.500. The summed E-state index contributed by atoms with van der Waals surface area (Å²) >= 11 is 6.33. The lowest BCUT2D eigenvalue weighted by Gasteiger charge is -2.27. The minimum atomic E-state index is -0.886. The van der Waals surface area contributed by atoms with Crippen LogP contribution in [0.25, 0.3) is 0 Å². The molecule has 0 saturated heterocycles. The predicted molar refractivity (Wildman–Crippen MR) is 119 cm³/mol. The van der Waals surface area contributed by atoms with E-state index in [-0.39, 0.29) is 17.5 Å². The molecular weight excluding hydrogens is 420 g/mol. The molecule has 2 N–H and O–H groups in total. The summed E-state index contributed by atoms with van der Waals surface area (Å²) in [5.41, 5.74) is 0.997. The smallest absolute Gasteiger partial charge is 0.318 e. The number of carbonyl (C=O) groups is 1. The van der Waals surface area contributed by atoms with Gasteiger partial charge in [0, 0.05) is 31.5 Å². The van der Waals surface area contributed by atoms with Crippen molar-refractivity contribution in [1.29, 1.82) is 0 Å². The number of nitrogens with one attached hydrogen (secondary N) is 1. The monoisotopic (exact) mass is 448 g/mol. The summed E-state index contributed by atoms with van der Waals surface area (Å²) in [4.78, 5) is 23.2. The Morgan fingerprint density at radius 2 is 2.06 bits per heavy atom. The van der Waals surface area contributed by atoms with Crippen LogP contribution in [-0.4, -0.2) is 54.6 Å². The number of methoxy groups -OCH3 is 2. The van der Waals surface area contributed by atoms with Crippen molar-refractivity contribution >= 4 is 29.0 Å². The molecule has 9 heteroatoms. The van der Waals surface area contributed by atoms with Crippen LogP contribution in [0.15, 0.2) is 30.5 Å². The molecule has 3 rings (SSSR count). The standard InChI is InChI=1S/C22H29ClN4O4/c1-30-13-12-27(19-10-11-24-22(25-19)31-2)16-8-9-18(23)17(14-16)21(29)26-20(28)15-6-4-3-5-7-15/h8-11,14-15,20,28H,3-7,12-13H2,1-2H3,(H,26,29). The van der Waals surface area contributed by atoms with Crippen LogP contribution in [-0.2, 0) is 4.74 Å². The number of rotatable bonds is 9. The van der Waals surface area contributed by atoms with Gasteiger partial charge in [-0.15, -0.1) is 0 Å². The fourth-order valence-electron chi connectivity index (χ4n) is 3.77. The van der Waals surface area contributed by atoms with Gasteiger partial charge in [0.15, 0.2) is 0 Å². The normalized spacial score (nSPS) is 15.4. The molecule has 1 saturated carbocycles. The molecule has 0 spiro atoms. The summed E-state index contributed by atoms with van der Waals surface area (Å²) < 4.78 is 10.4. The molecule has 0 aliphatic heterocycles. The van der Waals surface area contributed by atoms with Gasteiger partial charge < -0.3 is 24.8 Å². The number of aliphatic hydroxyl groups is 1. The average molecular weight is 449 g/mol. The number of hydrogen-bond donors (Lipinski definition) is 2. The Bertz CT molecular complexity index is 876. The number of carbonyl (C=O) groups excluding carboxylic acids is 1. The van der Waals surface area contributed by atoms with Crippen LogP contribution in [0, 0.1) is 5.92 Å². The maximum absolute atomic E-state index is 12.9. The van der Waals surface area contributed by atoms with Crippen molar-refractivity contribution in [2.75, 3.05) is 32.3 Å². The molecule has 1 fully saturated rings. The fourth-order valence-corrected chi connectivity index (χ4v) is 3.98. The van der Waals surface area contributed by atoms with Crippen LogP contribution >= 0.6 is 11.6 Å². The molecule has 1 heterocycles. The molecule has 0 radical (unpaired) electrons. The second kappa shape index (κ2) is 11.3. The second-order valence-corrected chi connectivity index (χ2v) is 7.93. The highest BCUT2D eigenvalue weighted by Gasteiger charge is 2.25. The summed E-state index contributed by atoms with van der Waals surface area (Å²) in [7, 11) is 3.12. The molecule has 1 aromatic heterocycles. The van der Waals surface area contributed by atoms with Crippen LogP contribution < -0.4 is 15.0 Å². The molecule has 1 aromatic carbocycles. The molecule has 1 aliphatic carbocycles. The lowest BCUT2D eigenvalue weighted by molar-refractivity contribution is 0.0463. The third-order valence-electron chi connectivity index (χ3n) is 5.48. The Kier molecular flexibility index (Phi) is 8.45. The second-order valence-electron chi connectivity index (χ2n) is 7.53. The maximum atomic E-state index is 12.9. The van der Waals surface area contributed by atoms with E-state index in [1.807, 2.05) is 4.90 Å². The van der Waals surface area contributed by atoms with Gasteiger partial charge in [0.25, 0.3) is 5.91 Å². The first-order chi connectivity index (χ1) is 15.0. The molecule has 1 amide bonds. The number of benzene rings is 1. The van der Waals surface area contributed by atoms with E-state index in [4.69, 9.17) is 21.1 Å². The minimum absolute atomic E-state index is 0.0753. The Morgan fingerprint density at radius 1 is 1.29 bits per heavy atom. The summed E-state index contributed by atoms with van der Waals surface area (Å²) in [5, 5.41) is 13.5. The molecule has 2 aromatic rings. The Hall–Kier alpha value is -2.42. The van der Waals surface area contributed by atoms with Gasteiger partial charge in [0.1, 0.15) is 12.0 Å². The van der Waals surface area contributed by atoms with Crippen molar-refractivity contribution in [3.63, 3.8) is 0 Å². The van der Waals surface area contributed by atoms with E-state index in [0.29, 0.717) is 29.7 Å². The van der Waals surface area contributed by atoms with Gasteiger partial charge in [-0.2, -0.15) is 4.98 Å². The highest BCUT2D eigenvalue weighted by molar-refractivity contribution is 6.34. The SMILES string of the molecule is COCCN(c1ccc(Cl)c(C(=O)NC(O)C2CCCCC2)c1)c1ccnc(OC)n1. The van der Waals surface area contributed by atoms with E-state index >= 15 is 0 Å². The van der Waals surface area contributed by atoms with E-state index in [9.17, 15) is 9.90 Å². The van der Waals surface area contributed by atoms with Crippen molar-refractivity contribution in [3.05, 3.63) is 41.0 Å². The Balaban J connectivity index is 1.84. The van der Waals surface area contributed by atoms with Gasteiger partial charge in [-0.25, -0.2) is 4.98 Å². The van der Waals surface area contributed by atoms with Crippen LogP contribution in [0.2, 0.25) is 5.02 Å². The number of aliphatic hydroxyl groups excluding tert-OH is 1. The number of nitrogens with zero attached hydrogens (tertiary/aromatic N) is 3. The van der Waals surface area contributed by atoms with Crippen LogP contribution in [0.5, 0.6) is 6.01 Å². The van der Waals surface area contributed by atoms with Crippen molar-refractivity contribution < 1.29 is 19.4 Å². The third kappa shape index (κ3) is 6.06. The van der Waals surface area contributed by atoms with E-state index in [1.54, 1.807) is 37.6 Å². The summed E-state index contributed by atoms with van der Waals surface area (Å²) in [5.74, 6) is 0.267. The lowest BCUT2D eigenvalue weighted by Crippen LogP contribution is -2.41. The predicted octanol–water partition coefficient (Wildman–Crippen LogP) is 3.55. The van der Waals surface area contributed by atoms with Gasteiger partial charge in [0.05, 0.1) is 24.3 Å². The first kappa shape index (κ1) is 23.2. The highest BCUT2D eigenvalue weighted by atomic mass is 35.5. The number of ether oxygens (including phenoxy) is 2. The van der Waals surface area contributed by atoms with Crippen LogP contribution in [0.3, 0.4) is 0 Å². The number of aromatic nitrogens is 2. The first-order valence-corrected chi connectivity index (χ1v) is 10.8. The summed E-state index contributed by atoms with van der Waals surface area (Å²) in [6.07, 6.45) is 5.87. The lowest BCUT2D eigenvalue weighted by atomic mass is 9.88. The van der Waals surface area contributed by atoms with E-state index < -0.39 is 12.1 Å². The van der Waals surface area contributed by atoms with Gasteiger partial charge in [-0.1, -0.05) is 30.9 Å². The third-order valence-corrected chi connectivity index (χ3v) is 5.81. The number of anilines is 2. The quantitative estimate of drug-likeness (QED) is 0.566. The first-order valence-electron chi connectivity index (χ1n) is 10.5. The van der Waals surface area contributed by atoms with Crippen molar-refractivity contribution in [2.45, 2.75) is 38.3 Å². The molecule has 0 bridgehead atoms. The van der Waals surface area contributed by atoms with Gasteiger partial charge in [-0.3, -0.25) is 4.79 Å². The Labute approximate surface area is 187 Å². The van der Waals surface area contributed by atoms with E-state index in [0.717, 1.165) is 25.7 Å². The summed E-state index contributed by atoms with van der Waals surface area (Å²) in [6.45, 7) is 0.931. The van der Waals surface area contributed by atoms with E-state index in [2.05, 4.69) is 15.3 Å². The molecule has 1 atom stereocenters. The van der Waals surface area contributed by atoms with E-state index in [1.165, 1.54) is 13.5 Å². The van der Waals surface area contributed by atoms with Gasteiger partial charge in [-0.05, 0) is 37.1 Å². The molecule has 168 valence electrons. The number of hydrogen-bond acceptors (Lipinski definition) is 7. The maximum Gasteiger partial charge on any atom is 0.318 e. The largest absolute Gasteiger partial charge is 0.467 e. The van der Waals surface area contributed by atoms with Crippen molar-refractivity contribution in [2.24, 2.45) is 5.92 Å². The average Bonchev–Trinajstić information content (AvgIpc) is 2.80. The van der Waals surface area contributed by atoms with Crippen LogP contribution in [0.1, 0.15) is 42.5 Å². The van der Waals surface area contributed by atoms with Crippen molar-refractivity contribution in [1.82, 2.24) is 15.3 Å². The van der Waals surface area contributed by atoms with Crippen LogP contribution in [0.4, 0.5) is 11.5 Å². The number of halogens is 1. The minimum Gasteiger partial charge on any atom is -0.467 e. The zero-order valence-electron chi connectivity index (χ0n) is 17.9. The van der Waals surface area contributed by atoms with Crippen molar-refractivity contribution in [3.8, 4) is 6.01 Å². The number of amides is 1. The zero-order chi connectivity index (χ0) is 22.2. The molecular formula is C22H29ClN4O4. The molecule has 1 aliphatic rings. The highest BCUT2D eigenvalue weighted by Crippen LogP contribution is 2.29. The summed E-state index contributed by atoms with van der Waals surface area (Å²) in [6, 6.07) is 7.15. The molecule has 31 heavy (non-hydrogen) atoms. The zero-order valence-corrected chi connectivity index (χ0v) is 18.6.